The van der Waals surface area contributed by atoms with Gasteiger partial charge < -0.3 is 11.1 Å². The van der Waals surface area contributed by atoms with Crippen LogP contribution in [0, 0.1) is 17.6 Å². The van der Waals surface area contributed by atoms with Crippen molar-refractivity contribution in [1.29, 1.82) is 0 Å². The average molecular weight is 282 g/mol. The quantitative estimate of drug-likeness (QED) is 0.892. The van der Waals surface area contributed by atoms with E-state index in [1.807, 2.05) is 0 Å². The molecule has 0 heterocycles. The molecule has 20 heavy (non-hydrogen) atoms. The van der Waals surface area contributed by atoms with E-state index in [0.29, 0.717) is 5.92 Å². The van der Waals surface area contributed by atoms with Crippen LogP contribution in [0.4, 0.5) is 8.78 Å². The third-order valence-electron chi connectivity index (χ3n) is 3.98. The molecule has 1 atom stereocenters. The number of nitrogens with two attached hydrogens (primary N) is 1. The maximum absolute atomic E-state index is 13.6. The van der Waals surface area contributed by atoms with Crippen molar-refractivity contribution in [3.05, 3.63) is 35.4 Å². The van der Waals surface area contributed by atoms with Gasteiger partial charge in [-0.25, -0.2) is 8.78 Å². The minimum absolute atomic E-state index is 0.221. The van der Waals surface area contributed by atoms with Gasteiger partial charge in [0.1, 0.15) is 17.2 Å². The summed E-state index contributed by atoms with van der Waals surface area (Å²) in [6.45, 7) is 0.284. The van der Waals surface area contributed by atoms with E-state index in [9.17, 15) is 13.6 Å². The van der Waals surface area contributed by atoms with Gasteiger partial charge in [0.05, 0.1) is 0 Å². The lowest BCUT2D eigenvalue weighted by Crippen LogP contribution is -2.46. The van der Waals surface area contributed by atoms with Crippen molar-refractivity contribution in [2.45, 2.75) is 38.1 Å². The number of rotatable bonds is 4. The number of hydrogen-bond acceptors (Lipinski definition) is 2. The van der Waals surface area contributed by atoms with E-state index in [4.69, 9.17) is 5.73 Å². The van der Waals surface area contributed by atoms with Crippen LogP contribution in [0.1, 0.15) is 42.5 Å². The summed E-state index contributed by atoms with van der Waals surface area (Å²) in [6, 6.07) is 3.18. The molecule has 2 rings (SSSR count). The van der Waals surface area contributed by atoms with Gasteiger partial charge in [-0.15, -0.1) is 0 Å². The van der Waals surface area contributed by atoms with Gasteiger partial charge in [0.2, 0.25) is 0 Å². The van der Waals surface area contributed by atoms with E-state index in [0.717, 1.165) is 37.8 Å². The SMILES string of the molecule is NCC(NC(=O)c1c(F)cccc1F)C1CCCCC1. The Hall–Kier alpha value is -1.49. The fraction of sp³-hybridized carbons (Fsp3) is 0.533. The molecule has 0 aromatic heterocycles. The van der Waals surface area contributed by atoms with Crippen molar-refractivity contribution in [2.24, 2.45) is 11.7 Å². The lowest BCUT2D eigenvalue weighted by molar-refractivity contribution is 0.0907. The summed E-state index contributed by atoms with van der Waals surface area (Å²) < 4.78 is 27.1. The summed E-state index contributed by atoms with van der Waals surface area (Å²) in [6.07, 6.45) is 5.43. The van der Waals surface area contributed by atoms with Crippen molar-refractivity contribution in [3.63, 3.8) is 0 Å². The third-order valence-corrected chi connectivity index (χ3v) is 3.98. The molecule has 5 heteroatoms. The topological polar surface area (TPSA) is 55.1 Å². The highest BCUT2D eigenvalue weighted by Crippen LogP contribution is 2.26. The normalized spacial score (nSPS) is 17.8. The molecule has 1 unspecified atom stereocenters. The first-order valence-corrected chi connectivity index (χ1v) is 7.08. The fourth-order valence-corrected chi connectivity index (χ4v) is 2.86. The molecule has 1 aromatic rings. The summed E-state index contributed by atoms with van der Waals surface area (Å²) in [5.74, 6) is -2.11. The van der Waals surface area contributed by atoms with Gasteiger partial charge in [-0.2, -0.15) is 0 Å². The molecule has 0 saturated heterocycles. The Morgan fingerprint density at radius 2 is 1.85 bits per heavy atom. The standard InChI is InChI=1S/C15H20F2N2O/c16-11-7-4-8-12(17)14(11)15(20)19-13(9-18)10-5-2-1-3-6-10/h4,7-8,10,13H,1-3,5-6,9,18H2,(H,19,20). The molecule has 1 aliphatic rings. The summed E-state index contributed by atoms with van der Waals surface area (Å²) in [5.41, 5.74) is 5.18. The van der Waals surface area contributed by atoms with Crippen LogP contribution in [-0.4, -0.2) is 18.5 Å². The zero-order chi connectivity index (χ0) is 14.5. The van der Waals surface area contributed by atoms with Gasteiger partial charge in [0.25, 0.3) is 5.91 Å². The van der Waals surface area contributed by atoms with E-state index in [1.54, 1.807) is 0 Å². The average Bonchev–Trinajstić information content (AvgIpc) is 2.45. The number of carbonyl (C=O) groups is 1. The zero-order valence-corrected chi connectivity index (χ0v) is 11.4. The zero-order valence-electron chi connectivity index (χ0n) is 11.4. The Bertz CT molecular complexity index is 453. The summed E-state index contributed by atoms with van der Waals surface area (Å²) in [5, 5.41) is 2.69. The Morgan fingerprint density at radius 3 is 2.40 bits per heavy atom. The number of benzene rings is 1. The van der Waals surface area contributed by atoms with Gasteiger partial charge in [-0.1, -0.05) is 25.3 Å². The van der Waals surface area contributed by atoms with Crippen molar-refractivity contribution < 1.29 is 13.6 Å². The largest absolute Gasteiger partial charge is 0.348 e. The summed E-state index contributed by atoms with van der Waals surface area (Å²) >= 11 is 0. The smallest absolute Gasteiger partial charge is 0.257 e. The molecule has 0 aliphatic heterocycles. The molecular weight excluding hydrogens is 262 g/mol. The van der Waals surface area contributed by atoms with E-state index in [2.05, 4.69) is 5.32 Å². The van der Waals surface area contributed by atoms with Crippen LogP contribution >= 0.6 is 0 Å². The lowest BCUT2D eigenvalue weighted by Gasteiger charge is -2.30. The van der Waals surface area contributed by atoms with Crippen LogP contribution in [0.25, 0.3) is 0 Å². The predicted molar refractivity (Wildman–Crippen MR) is 73.2 cm³/mol. The lowest BCUT2D eigenvalue weighted by atomic mass is 9.84. The first-order valence-electron chi connectivity index (χ1n) is 7.08. The highest BCUT2D eigenvalue weighted by molar-refractivity contribution is 5.94. The third kappa shape index (κ3) is 3.33. The van der Waals surface area contributed by atoms with Gasteiger partial charge in [0.15, 0.2) is 0 Å². The number of nitrogens with one attached hydrogen (secondary N) is 1. The minimum Gasteiger partial charge on any atom is -0.348 e. The van der Waals surface area contributed by atoms with Gasteiger partial charge in [-0.3, -0.25) is 4.79 Å². The van der Waals surface area contributed by atoms with E-state index >= 15 is 0 Å². The second-order valence-corrected chi connectivity index (χ2v) is 5.31. The molecule has 110 valence electrons. The summed E-state index contributed by atoms with van der Waals surface area (Å²) in [7, 11) is 0. The predicted octanol–water partition coefficient (Wildman–Crippen LogP) is 2.60. The molecule has 0 radical (unpaired) electrons. The van der Waals surface area contributed by atoms with Crippen molar-refractivity contribution in [1.82, 2.24) is 5.32 Å². The molecule has 1 fully saturated rings. The van der Waals surface area contributed by atoms with E-state index in [1.165, 1.54) is 12.5 Å². The fourth-order valence-electron chi connectivity index (χ4n) is 2.86. The van der Waals surface area contributed by atoms with Crippen molar-refractivity contribution in [2.75, 3.05) is 6.54 Å². The van der Waals surface area contributed by atoms with Crippen LogP contribution in [0.15, 0.2) is 18.2 Å². The highest BCUT2D eigenvalue weighted by Gasteiger charge is 2.26. The Labute approximate surface area is 117 Å². The number of halogens is 2. The van der Waals surface area contributed by atoms with Crippen LogP contribution in [0.5, 0.6) is 0 Å². The van der Waals surface area contributed by atoms with Crippen molar-refractivity contribution in [3.8, 4) is 0 Å². The number of hydrogen-bond donors (Lipinski definition) is 2. The van der Waals surface area contributed by atoms with E-state index < -0.39 is 23.1 Å². The second kappa shape index (κ2) is 6.79. The molecule has 3 nitrogen and oxygen atoms in total. The van der Waals surface area contributed by atoms with Gasteiger partial charge >= 0.3 is 0 Å². The highest BCUT2D eigenvalue weighted by atomic mass is 19.1. The van der Waals surface area contributed by atoms with Crippen LogP contribution < -0.4 is 11.1 Å². The number of amides is 1. The van der Waals surface area contributed by atoms with Crippen molar-refractivity contribution >= 4 is 5.91 Å². The Kier molecular flexibility index (Phi) is 5.06. The van der Waals surface area contributed by atoms with Gasteiger partial charge in [0, 0.05) is 12.6 Å². The molecule has 1 aromatic carbocycles. The molecule has 1 amide bonds. The molecular formula is C15H20F2N2O. The number of carbonyl (C=O) groups excluding carboxylic acids is 1. The summed E-state index contributed by atoms with van der Waals surface area (Å²) in [4.78, 5) is 12.1. The maximum atomic E-state index is 13.6. The Balaban J connectivity index is 2.09. The molecule has 0 bridgehead atoms. The maximum Gasteiger partial charge on any atom is 0.257 e. The first-order chi connectivity index (χ1) is 9.63. The first kappa shape index (κ1) is 14.9. The van der Waals surface area contributed by atoms with Gasteiger partial charge in [-0.05, 0) is 30.9 Å². The molecule has 3 N–H and O–H groups in total. The van der Waals surface area contributed by atoms with Crippen LogP contribution in [-0.2, 0) is 0 Å². The molecule has 0 spiro atoms. The Morgan fingerprint density at radius 1 is 1.25 bits per heavy atom. The van der Waals surface area contributed by atoms with Crippen LogP contribution in [0.3, 0.4) is 0 Å². The monoisotopic (exact) mass is 282 g/mol. The molecule has 1 aliphatic carbocycles. The minimum atomic E-state index is -0.845. The second-order valence-electron chi connectivity index (χ2n) is 5.31. The molecule has 1 saturated carbocycles. The van der Waals surface area contributed by atoms with E-state index in [-0.39, 0.29) is 12.6 Å². The van der Waals surface area contributed by atoms with Crippen LogP contribution in [0.2, 0.25) is 0 Å².